The van der Waals surface area contributed by atoms with E-state index in [1.807, 2.05) is 29.2 Å². The van der Waals surface area contributed by atoms with E-state index in [9.17, 15) is 18.0 Å². The van der Waals surface area contributed by atoms with Crippen LogP contribution in [0.1, 0.15) is 30.0 Å². The Morgan fingerprint density at radius 2 is 2.07 bits per heavy atom. The highest BCUT2D eigenvalue weighted by Crippen LogP contribution is 2.37. The third kappa shape index (κ3) is 4.77. The van der Waals surface area contributed by atoms with Crippen LogP contribution in [-0.4, -0.2) is 31.0 Å². The molecule has 1 aliphatic rings. The number of anilines is 1. The molecule has 1 atom stereocenters. The molecule has 1 amide bonds. The second-order valence-electron chi connectivity index (χ2n) is 6.64. The second kappa shape index (κ2) is 8.41. The molecule has 1 saturated heterocycles. The van der Waals surface area contributed by atoms with Crippen molar-refractivity contribution in [1.82, 2.24) is 4.90 Å². The Bertz CT molecular complexity index is 858. The third-order valence-electron chi connectivity index (χ3n) is 4.75. The maximum Gasteiger partial charge on any atom is 0.418 e. The lowest BCUT2D eigenvalue weighted by Gasteiger charge is -2.25. The van der Waals surface area contributed by atoms with Crippen molar-refractivity contribution in [3.8, 4) is 5.75 Å². The number of hydrogen-bond acceptors (Lipinski definition) is 3. The van der Waals surface area contributed by atoms with Crippen molar-refractivity contribution in [2.45, 2.75) is 25.1 Å². The Balaban J connectivity index is 1.73. The van der Waals surface area contributed by atoms with E-state index in [1.54, 1.807) is 7.11 Å². The molecule has 0 spiro atoms. The van der Waals surface area contributed by atoms with E-state index < -0.39 is 17.6 Å². The van der Waals surface area contributed by atoms with E-state index in [1.165, 1.54) is 12.1 Å². The van der Waals surface area contributed by atoms with Crippen molar-refractivity contribution < 1.29 is 22.7 Å². The van der Waals surface area contributed by atoms with Crippen LogP contribution in [-0.2, 0) is 11.0 Å². The molecule has 0 aliphatic carbocycles. The number of benzene rings is 2. The number of nitrogens with zero attached hydrogens (tertiary/aromatic N) is 1. The average molecular weight is 413 g/mol. The number of alkyl halides is 3. The number of ether oxygens (including phenoxy) is 1. The molecule has 1 heterocycles. The molecule has 3 rings (SSSR count). The van der Waals surface area contributed by atoms with Gasteiger partial charge in [-0.1, -0.05) is 23.7 Å². The molecule has 1 aliphatic heterocycles. The summed E-state index contributed by atoms with van der Waals surface area (Å²) in [6.07, 6.45) is -2.83. The van der Waals surface area contributed by atoms with E-state index in [2.05, 4.69) is 5.32 Å². The molecule has 2 aromatic rings. The molecular formula is C20H20ClF3N2O2. The van der Waals surface area contributed by atoms with E-state index >= 15 is 0 Å². The lowest BCUT2D eigenvalue weighted by atomic mass is 10.0. The molecule has 0 aromatic heterocycles. The second-order valence-corrected chi connectivity index (χ2v) is 7.08. The molecular weight excluding hydrogens is 393 g/mol. The zero-order valence-corrected chi connectivity index (χ0v) is 16.0. The van der Waals surface area contributed by atoms with Gasteiger partial charge in [0.25, 0.3) is 0 Å². The predicted octanol–water partition coefficient (Wildman–Crippen LogP) is 5.14. The van der Waals surface area contributed by atoms with Gasteiger partial charge in [-0.25, -0.2) is 0 Å². The fraction of sp³-hybridized carbons (Fsp3) is 0.350. The lowest BCUT2D eigenvalue weighted by Crippen LogP contribution is -2.33. The van der Waals surface area contributed by atoms with Crippen molar-refractivity contribution in [3.63, 3.8) is 0 Å². The van der Waals surface area contributed by atoms with Gasteiger partial charge in [0.05, 0.1) is 24.9 Å². The van der Waals surface area contributed by atoms with Crippen LogP contribution in [0, 0.1) is 0 Å². The molecule has 28 heavy (non-hydrogen) atoms. The van der Waals surface area contributed by atoms with Crippen molar-refractivity contribution >= 4 is 23.2 Å². The van der Waals surface area contributed by atoms with Gasteiger partial charge in [-0.05, 0) is 55.3 Å². The van der Waals surface area contributed by atoms with E-state index in [4.69, 9.17) is 16.3 Å². The zero-order chi connectivity index (χ0) is 20.3. The van der Waals surface area contributed by atoms with Gasteiger partial charge >= 0.3 is 6.18 Å². The van der Waals surface area contributed by atoms with Gasteiger partial charge in [-0.15, -0.1) is 0 Å². The maximum atomic E-state index is 13.2. The van der Waals surface area contributed by atoms with Crippen molar-refractivity contribution in [2.24, 2.45) is 0 Å². The first kappa shape index (κ1) is 20.5. The Labute approximate surface area is 166 Å². The molecule has 0 radical (unpaired) electrons. The highest BCUT2D eigenvalue weighted by Gasteiger charge is 2.35. The minimum absolute atomic E-state index is 0.00179. The molecule has 0 saturated carbocycles. The molecule has 8 heteroatoms. The minimum atomic E-state index is -4.61. The summed E-state index contributed by atoms with van der Waals surface area (Å²) in [5.41, 5.74) is -0.231. The Morgan fingerprint density at radius 3 is 2.79 bits per heavy atom. The molecule has 1 N–H and O–H groups in total. The predicted molar refractivity (Wildman–Crippen MR) is 102 cm³/mol. The number of carbonyl (C=O) groups excluding carboxylic acids is 1. The first-order valence-electron chi connectivity index (χ1n) is 8.82. The fourth-order valence-corrected chi connectivity index (χ4v) is 3.65. The van der Waals surface area contributed by atoms with Crippen LogP contribution in [0.2, 0.25) is 5.02 Å². The van der Waals surface area contributed by atoms with E-state index in [-0.39, 0.29) is 23.3 Å². The first-order chi connectivity index (χ1) is 13.3. The Morgan fingerprint density at radius 1 is 1.29 bits per heavy atom. The number of methoxy groups -OCH3 is 1. The van der Waals surface area contributed by atoms with Crippen LogP contribution in [0.4, 0.5) is 18.9 Å². The summed E-state index contributed by atoms with van der Waals surface area (Å²) >= 11 is 5.68. The van der Waals surface area contributed by atoms with Gasteiger partial charge in [0.1, 0.15) is 5.75 Å². The first-order valence-corrected chi connectivity index (χ1v) is 9.20. The molecule has 150 valence electrons. The third-order valence-corrected chi connectivity index (χ3v) is 4.99. The van der Waals surface area contributed by atoms with Gasteiger partial charge in [0.15, 0.2) is 0 Å². The number of carbonyl (C=O) groups is 1. The van der Waals surface area contributed by atoms with Crippen molar-refractivity contribution in [1.29, 1.82) is 0 Å². The van der Waals surface area contributed by atoms with Gasteiger partial charge in [-0.3, -0.25) is 9.69 Å². The quantitative estimate of drug-likeness (QED) is 0.739. The number of amides is 1. The number of rotatable bonds is 5. The number of hydrogen-bond donors (Lipinski definition) is 1. The van der Waals surface area contributed by atoms with Crippen LogP contribution in [0.3, 0.4) is 0 Å². The number of likely N-dealkylation sites (tertiary alicyclic amines) is 1. The van der Waals surface area contributed by atoms with Gasteiger partial charge in [-0.2, -0.15) is 13.2 Å². The fourth-order valence-electron chi connectivity index (χ4n) is 3.48. The SMILES string of the molecule is COc1cccc(C2CCCN2CC(=O)Nc2ccc(Cl)cc2C(F)(F)F)c1. The summed E-state index contributed by atoms with van der Waals surface area (Å²) in [5, 5.41) is 2.34. The lowest BCUT2D eigenvalue weighted by molar-refractivity contribution is -0.137. The van der Waals surface area contributed by atoms with Crippen LogP contribution in [0.25, 0.3) is 0 Å². The minimum Gasteiger partial charge on any atom is -0.497 e. The highest BCUT2D eigenvalue weighted by molar-refractivity contribution is 6.30. The van der Waals surface area contributed by atoms with E-state index in [0.717, 1.165) is 30.2 Å². The average Bonchev–Trinajstić information content (AvgIpc) is 3.10. The summed E-state index contributed by atoms with van der Waals surface area (Å²) in [4.78, 5) is 14.4. The standard InChI is InChI=1S/C20H20ClF3N2O2/c1-28-15-5-2-4-13(10-15)18-6-3-9-26(18)12-19(27)25-17-8-7-14(21)11-16(17)20(22,23)24/h2,4-5,7-8,10-11,18H,3,6,9,12H2,1H3,(H,25,27). The normalized spacial score (nSPS) is 17.5. The molecule has 1 fully saturated rings. The van der Waals surface area contributed by atoms with Crippen molar-refractivity contribution in [2.75, 3.05) is 25.5 Å². The topological polar surface area (TPSA) is 41.6 Å². The van der Waals surface area contributed by atoms with Crippen LogP contribution >= 0.6 is 11.6 Å². The summed E-state index contributed by atoms with van der Waals surface area (Å²) in [6, 6.07) is 10.9. The van der Waals surface area contributed by atoms with E-state index in [0.29, 0.717) is 6.54 Å². The Hall–Kier alpha value is -2.25. The smallest absolute Gasteiger partial charge is 0.418 e. The number of halogens is 4. The maximum absolute atomic E-state index is 13.2. The van der Waals surface area contributed by atoms with Crippen LogP contribution in [0.15, 0.2) is 42.5 Å². The highest BCUT2D eigenvalue weighted by atomic mass is 35.5. The van der Waals surface area contributed by atoms with Gasteiger partial charge in [0.2, 0.25) is 5.91 Å². The van der Waals surface area contributed by atoms with Gasteiger partial charge in [0, 0.05) is 11.1 Å². The monoisotopic (exact) mass is 412 g/mol. The summed E-state index contributed by atoms with van der Waals surface area (Å²) in [5.74, 6) is 0.229. The Kier molecular flexibility index (Phi) is 6.15. The van der Waals surface area contributed by atoms with Crippen LogP contribution in [0.5, 0.6) is 5.75 Å². The molecule has 2 aromatic carbocycles. The zero-order valence-electron chi connectivity index (χ0n) is 15.2. The molecule has 1 unspecified atom stereocenters. The number of nitrogens with one attached hydrogen (secondary N) is 1. The van der Waals surface area contributed by atoms with Crippen LogP contribution < -0.4 is 10.1 Å². The van der Waals surface area contributed by atoms with Crippen molar-refractivity contribution in [3.05, 3.63) is 58.6 Å². The molecule has 4 nitrogen and oxygen atoms in total. The summed E-state index contributed by atoms with van der Waals surface area (Å²) < 4.78 is 44.9. The summed E-state index contributed by atoms with van der Waals surface area (Å²) in [6.45, 7) is 0.698. The summed E-state index contributed by atoms with van der Waals surface area (Å²) in [7, 11) is 1.59. The molecule has 0 bridgehead atoms. The van der Waals surface area contributed by atoms with Gasteiger partial charge < -0.3 is 10.1 Å². The largest absolute Gasteiger partial charge is 0.497 e.